The number of pyridine rings is 1. The average Bonchev–Trinajstić information content (AvgIpc) is 2.53. The second-order valence-electron chi connectivity index (χ2n) is 6.84. The fourth-order valence-electron chi connectivity index (χ4n) is 3.00. The molecule has 6 heteroatoms. The van der Waals surface area contributed by atoms with Crippen LogP contribution in [0.25, 0.3) is 0 Å². The molecule has 0 saturated carbocycles. The molecule has 25 heavy (non-hydrogen) atoms. The van der Waals surface area contributed by atoms with Crippen molar-refractivity contribution < 1.29 is 9.47 Å². The van der Waals surface area contributed by atoms with Gasteiger partial charge >= 0.3 is 0 Å². The van der Waals surface area contributed by atoms with Crippen molar-refractivity contribution in [3.8, 4) is 11.5 Å². The highest BCUT2D eigenvalue weighted by Crippen LogP contribution is 2.41. The number of anilines is 1. The molecule has 1 atom stereocenters. The van der Waals surface area contributed by atoms with E-state index in [2.05, 4.69) is 29.5 Å². The number of ether oxygens (including phenoxy) is 2. The SMILES string of the molecule is COc1ccc2c(c1)OC(C)(C)C[C@@H]2NC(=S)Nc1cc(C)ccn1. The van der Waals surface area contributed by atoms with Crippen LogP contribution in [0.1, 0.15) is 37.4 Å². The van der Waals surface area contributed by atoms with Crippen LogP contribution in [0.15, 0.2) is 36.5 Å². The summed E-state index contributed by atoms with van der Waals surface area (Å²) in [6.45, 7) is 6.17. The monoisotopic (exact) mass is 357 g/mol. The molecular formula is C19H23N3O2S. The summed E-state index contributed by atoms with van der Waals surface area (Å²) in [6, 6.07) is 9.84. The van der Waals surface area contributed by atoms with E-state index in [9.17, 15) is 0 Å². The Morgan fingerprint density at radius 1 is 1.32 bits per heavy atom. The maximum Gasteiger partial charge on any atom is 0.172 e. The second-order valence-corrected chi connectivity index (χ2v) is 7.25. The molecule has 0 amide bonds. The summed E-state index contributed by atoms with van der Waals surface area (Å²) >= 11 is 5.49. The van der Waals surface area contributed by atoms with E-state index in [-0.39, 0.29) is 11.6 Å². The summed E-state index contributed by atoms with van der Waals surface area (Å²) in [6.07, 6.45) is 2.56. The quantitative estimate of drug-likeness (QED) is 0.810. The van der Waals surface area contributed by atoms with Gasteiger partial charge in [0, 0.05) is 24.2 Å². The van der Waals surface area contributed by atoms with E-state index >= 15 is 0 Å². The van der Waals surface area contributed by atoms with Crippen molar-refractivity contribution in [2.24, 2.45) is 0 Å². The van der Waals surface area contributed by atoms with E-state index < -0.39 is 0 Å². The molecule has 2 N–H and O–H groups in total. The van der Waals surface area contributed by atoms with Gasteiger partial charge in [0.1, 0.15) is 22.9 Å². The zero-order chi connectivity index (χ0) is 18.0. The van der Waals surface area contributed by atoms with Crippen LogP contribution >= 0.6 is 12.2 Å². The lowest BCUT2D eigenvalue weighted by Gasteiger charge is -2.38. The van der Waals surface area contributed by atoms with E-state index in [0.29, 0.717) is 5.11 Å². The fourth-order valence-corrected chi connectivity index (χ4v) is 3.25. The van der Waals surface area contributed by atoms with Crippen LogP contribution < -0.4 is 20.1 Å². The van der Waals surface area contributed by atoms with E-state index in [0.717, 1.165) is 34.9 Å². The Morgan fingerprint density at radius 2 is 2.12 bits per heavy atom. The first kappa shape index (κ1) is 17.5. The molecule has 5 nitrogen and oxygen atoms in total. The minimum absolute atomic E-state index is 0.0504. The molecule has 0 bridgehead atoms. The molecule has 2 aromatic rings. The molecule has 2 heterocycles. The zero-order valence-electron chi connectivity index (χ0n) is 14.9. The van der Waals surface area contributed by atoms with Crippen molar-refractivity contribution in [2.75, 3.05) is 12.4 Å². The van der Waals surface area contributed by atoms with Gasteiger partial charge in [0.25, 0.3) is 0 Å². The zero-order valence-corrected chi connectivity index (χ0v) is 15.7. The first-order chi connectivity index (χ1) is 11.9. The number of methoxy groups -OCH3 is 1. The number of aryl methyl sites for hydroxylation is 1. The van der Waals surface area contributed by atoms with E-state index in [4.69, 9.17) is 21.7 Å². The first-order valence-corrected chi connectivity index (χ1v) is 8.64. The molecule has 1 aromatic carbocycles. The molecule has 0 saturated heterocycles. The van der Waals surface area contributed by atoms with Crippen LogP contribution in [-0.4, -0.2) is 22.8 Å². The summed E-state index contributed by atoms with van der Waals surface area (Å²) < 4.78 is 11.4. The summed E-state index contributed by atoms with van der Waals surface area (Å²) in [5.41, 5.74) is 1.90. The van der Waals surface area contributed by atoms with Crippen molar-refractivity contribution in [3.05, 3.63) is 47.7 Å². The third kappa shape index (κ3) is 4.20. The van der Waals surface area contributed by atoms with E-state index in [1.807, 2.05) is 37.3 Å². The van der Waals surface area contributed by atoms with Gasteiger partial charge in [-0.25, -0.2) is 4.98 Å². The van der Waals surface area contributed by atoms with Gasteiger partial charge in [0.2, 0.25) is 0 Å². The molecule has 3 rings (SSSR count). The number of nitrogens with one attached hydrogen (secondary N) is 2. The second kappa shape index (κ2) is 6.88. The van der Waals surface area contributed by atoms with Gasteiger partial charge in [-0.15, -0.1) is 0 Å². The Labute approximate surface area is 153 Å². The van der Waals surface area contributed by atoms with Crippen molar-refractivity contribution in [2.45, 2.75) is 38.8 Å². The van der Waals surface area contributed by atoms with Gasteiger partial charge in [-0.05, 0) is 62.8 Å². The highest BCUT2D eigenvalue weighted by Gasteiger charge is 2.34. The maximum absolute atomic E-state index is 6.11. The summed E-state index contributed by atoms with van der Waals surface area (Å²) in [4.78, 5) is 4.29. The number of hydrogen-bond donors (Lipinski definition) is 2. The minimum Gasteiger partial charge on any atom is -0.497 e. The Balaban J connectivity index is 1.79. The van der Waals surface area contributed by atoms with Gasteiger partial charge in [-0.1, -0.05) is 0 Å². The number of aromatic nitrogens is 1. The maximum atomic E-state index is 6.11. The molecule has 0 spiro atoms. The number of fused-ring (bicyclic) bond motifs is 1. The predicted octanol–water partition coefficient (Wildman–Crippen LogP) is 3.99. The number of benzene rings is 1. The van der Waals surface area contributed by atoms with Gasteiger partial charge in [0.05, 0.1) is 13.2 Å². The molecule has 1 aromatic heterocycles. The lowest BCUT2D eigenvalue weighted by atomic mass is 9.89. The van der Waals surface area contributed by atoms with Crippen molar-refractivity contribution in [3.63, 3.8) is 0 Å². The van der Waals surface area contributed by atoms with Gasteiger partial charge in [-0.3, -0.25) is 0 Å². The van der Waals surface area contributed by atoms with Crippen LogP contribution in [0.4, 0.5) is 5.82 Å². The first-order valence-electron chi connectivity index (χ1n) is 8.23. The van der Waals surface area contributed by atoms with Crippen LogP contribution in [0.5, 0.6) is 11.5 Å². The van der Waals surface area contributed by atoms with Gasteiger partial charge in [-0.2, -0.15) is 0 Å². The van der Waals surface area contributed by atoms with Crippen molar-refractivity contribution >= 4 is 23.1 Å². The standard InChI is InChI=1S/C19H23N3O2S/c1-12-7-8-20-17(9-12)22-18(25)21-15-11-19(2,3)24-16-10-13(23-4)5-6-14(15)16/h5-10,15H,11H2,1-4H3,(H2,20,21,22,25)/t15-/m0/s1. The number of rotatable bonds is 3. The topological polar surface area (TPSA) is 55.4 Å². The molecule has 1 aliphatic heterocycles. The Hall–Kier alpha value is -2.34. The average molecular weight is 357 g/mol. The molecule has 0 fully saturated rings. The number of hydrogen-bond acceptors (Lipinski definition) is 4. The third-order valence-corrected chi connectivity index (χ3v) is 4.36. The summed E-state index contributed by atoms with van der Waals surface area (Å²) in [5, 5.41) is 7.09. The van der Waals surface area contributed by atoms with Crippen LogP contribution in [0.3, 0.4) is 0 Å². The smallest absolute Gasteiger partial charge is 0.172 e. The molecule has 0 radical (unpaired) electrons. The molecule has 0 unspecified atom stereocenters. The highest BCUT2D eigenvalue weighted by molar-refractivity contribution is 7.80. The lowest BCUT2D eigenvalue weighted by Crippen LogP contribution is -2.42. The van der Waals surface area contributed by atoms with E-state index in [1.165, 1.54) is 0 Å². The van der Waals surface area contributed by atoms with Gasteiger partial charge in [0.15, 0.2) is 5.11 Å². The van der Waals surface area contributed by atoms with Crippen molar-refractivity contribution in [1.82, 2.24) is 10.3 Å². The van der Waals surface area contributed by atoms with Crippen molar-refractivity contribution in [1.29, 1.82) is 0 Å². The Morgan fingerprint density at radius 3 is 2.84 bits per heavy atom. The number of nitrogens with zero attached hydrogens (tertiary/aromatic N) is 1. The Kier molecular flexibility index (Phi) is 4.81. The Bertz CT molecular complexity index is 792. The predicted molar refractivity (Wildman–Crippen MR) is 103 cm³/mol. The summed E-state index contributed by atoms with van der Waals surface area (Å²) in [5.74, 6) is 2.34. The largest absolute Gasteiger partial charge is 0.497 e. The normalized spacial score (nSPS) is 17.8. The fraction of sp³-hybridized carbons (Fsp3) is 0.368. The molecule has 0 aliphatic carbocycles. The van der Waals surface area contributed by atoms with Crippen LogP contribution in [-0.2, 0) is 0 Å². The van der Waals surface area contributed by atoms with Gasteiger partial charge < -0.3 is 20.1 Å². The summed E-state index contributed by atoms with van der Waals surface area (Å²) in [7, 11) is 1.65. The lowest BCUT2D eigenvalue weighted by molar-refractivity contribution is 0.0693. The molecular weight excluding hydrogens is 334 g/mol. The minimum atomic E-state index is -0.297. The molecule has 132 valence electrons. The third-order valence-electron chi connectivity index (χ3n) is 4.14. The number of thiocarbonyl (C=S) groups is 1. The van der Waals surface area contributed by atoms with E-state index in [1.54, 1.807) is 13.3 Å². The molecule has 1 aliphatic rings. The van der Waals surface area contributed by atoms with Crippen LogP contribution in [0.2, 0.25) is 0 Å². The highest BCUT2D eigenvalue weighted by atomic mass is 32.1. The van der Waals surface area contributed by atoms with Crippen LogP contribution in [0, 0.1) is 6.92 Å².